The van der Waals surface area contributed by atoms with Gasteiger partial charge in [0.25, 0.3) is 10.0 Å². The Morgan fingerprint density at radius 3 is 2.56 bits per heavy atom. The Morgan fingerprint density at radius 1 is 1.07 bits per heavy atom. The number of benzene rings is 1. The van der Waals surface area contributed by atoms with Crippen LogP contribution >= 0.6 is 0 Å². The second-order valence-electron chi connectivity index (χ2n) is 5.84. The summed E-state index contributed by atoms with van der Waals surface area (Å²) in [4.78, 5) is 8.58. The fraction of sp³-hybridized carbons (Fsp3) is 0.158. The molecule has 0 amide bonds. The topological polar surface area (TPSA) is 93.2 Å². The average Bonchev–Trinajstić information content (AvgIpc) is 2.67. The first-order valence-electron chi connectivity index (χ1n) is 8.25. The first-order valence-corrected chi connectivity index (χ1v) is 9.73. The van der Waals surface area contributed by atoms with E-state index in [9.17, 15) is 8.42 Å². The van der Waals surface area contributed by atoms with E-state index in [1.54, 1.807) is 43.6 Å². The third kappa shape index (κ3) is 4.73. The minimum Gasteiger partial charge on any atom is -0.497 e. The monoisotopic (exact) mass is 384 g/mol. The van der Waals surface area contributed by atoms with Crippen molar-refractivity contribution in [2.45, 2.75) is 18.4 Å². The van der Waals surface area contributed by atoms with E-state index in [-0.39, 0.29) is 10.7 Å². The molecule has 8 heteroatoms. The predicted octanol–water partition coefficient (Wildman–Crippen LogP) is 3.21. The van der Waals surface area contributed by atoms with E-state index in [1.807, 2.05) is 18.2 Å². The van der Waals surface area contributed by atoms with Gasteiger partial charge in [0.2, 0.25) is 0 Å². The maximum absolute atomic E-state index is 12.6. The molecule has 7 nitrogen and oxygen atoms in total. The van der Waals surface area contributed by atoms with Gasteiger partial charge in [-0.2, -0.15) is 0 Å². The lowest BCUT2D eigenvalue weighted by Gasteiger charge is -2.11. The Hall–Kier alpha value is -3.13. The summed E-state index contributed by atoms with van der Waals surface area (Å²) in [6, 6.07) is 13.9. The molecule has 0 bridgehead atoms. The zero-order chi connectivity index (χ0) is 19.3. The van der Waals surface area contributed by atoms with Crippen LogP contribution in [-0.2, 0) is 16.6 Å². The van der Waals surface area contributed by atoms with Crippen LogP contribution in [-0.4, -0.2) is 25.5 Å². The number of hydrogen-bond acceptors (Lipinski definition) is 6. The maximum atomic E-state index is 12.6. The van der Waals surface area contributed by atoms with Crippen LogP contribution < -0.4 is 14.8 Å². The third-order valence-electron chi connectivity index (χ3n) is 3.87. The highest BCUT2D eigenvalue weighted by Gasteiger charge is 2.18. The van der Waals surface area contributed by atoms with Gasteiger partial charge < -0.3 is 10.1 Å². The van der Waals surface area contributed by atoms with Gasteiger partial charge in [-0.25, -0.2) is 13.4 Å². The van der Waals surface area contributed by atoms with Crippen molar-refractivity contribution < 1.29 is 13.2 Å². The van der Waals surface area contributed by atoms with Crippen LogP contribution in [0.1, 0.15) is 11.3 Å². The summed E-state index contributed by atoms with van der Waals surface area (Å²) in [6.45, 7) is 2.27. The molecule has 0 saturated heterocycles. The quantitative estimate of drug-likeness (QED) is 0.650. The van der Waals surface area contributed by atoms with Gasteiger partial charge in [-0.1, -0.05) is 6.07 Å². The molecule has 0 radical (unpaired) electrons. The first-order chi connectivity index (χ1) is 13.0. The zero-order valence-electron chi connectivity index (χ0n) is 15.0. The Kier molecular flexibility index (Phi) is 5.56. The number of nitrogens with one attached hydrogen (secondary N) is 2. The predicted molar refractivity (Wildman–Crippen MR) is 104 cm³/mol. The van der Waals surface area contributed by atoms with Gasteiger partial charge in [-0.3, -0.25) is 9.71 Å². The van der Waals surface area contributed by atoms with E-state index in [0.717, 1.165) is 11.4 Å². The number of aromatic nitrogens is 2. The molecule has 3 rings (SSSR count). The van der Waals surface area contributed by atoms with Gasteiger partial charge in [0.15, 0.2) is 0 Å². The smallest absolute Gasteiger partial charge is 0.263 e. The molecule has 0 fully saturated rings. The molecule has 2 aromatic heterocycles. The average molecular weight is 384 g/mol. The number of pyridine rings is 2. The molecule has 1 aromatic carbocycles. The molecule has 0 aliphatic rings. The van der Waals surface area contributed by atoms with Crippen LogP contribution in [0.4, 0.5) is 11.5 Å². The van der Waals surface area contributed by atoms with Gasteiger partial charge in [0.05, 0.1) is 36.1 Å². The van der Waals surface area contributed by atoms with E-state index in [2.05, 4.69) is 20.0 Å². The van der Waals surface area contributed by atoms with E-state index in [0.29, 0.717) is 17.9 Å². The van der Waals surface area contributed by atoms with Crippen molar-refractivity contribution in [2.24, 2.45) is 0 Å². The van der Waals surface area contributed by atoms with Gasteiger partial charge in [0.1, 0.15) is 11.6 Å². The Morgan fingerprint density at radius 2 is 1.93 bits per heavy atom. The normalized spacial score (nSPS) is 11.0. The molecule has 2 heterocycles. The maximum Gasteiger partial charge on any atom is 0.263 e. The molecule has 27 heavy (non-hydrogen) atoms. The fourth-order valence-electron chi connectivity index (χ4n) is 2.50. The summed E-state index contributed by atoms with van der Waals surface area (Å²) < 4.78 is 32.8. The van der Waals surface area contributed by atoms with Crippen LogP contribution in [0.3, 0.4) is 0 Å². The van der Waals surface area contributed by atoms with E-state index < -0.39 is 10.0 Å². The van der Waals surface area contributed by atoms with E-state index in [4.69, 9.17) is 4.74 Å². The lowest BCUT2D eigenvalue weighted by Crippen LogP contribution is -2.15. The number of aryl methyl sites for hydroxylation is 1. The first kappa shape index (κ1) is 18.7. The molecule has 0 aliphatic heterocycles. The Bertz CT molecular complexity index is 1010. The fourth-order valence-corrected chi connectivity index (χ4v) is 3.73. The van der Waals surface area contributed by atoms with Gasteiger partial charge >= 0.3 is 0 Å². The highest BCUT2D eigenvalue weighted by atomic mass is 32.2. The molecule has 2 N–H and O–H groups in total. The number of hydrogen-bond donors (Lipinski definition) is 2. The van der Waals surface area contributed by atoms with Crippen LogP contribution in [0.5, 0.6) is 5.75 Å². The second-order valence-corrected chi connectivity index (χ2v) is 7.49. The largest absolute Gasteiger partial charge is 0.497 e. The van der Waals surface area contributed by atoms with E-state index in [1.165, 1.54) is 13.2 Å². The van der Waals surface area contributed by atoms with Gasteiger partial charge in [-0.05, 0) is 55.0 Å². The Labute approximate surface area is 158 Å². The molecule has 0 aliphatic carbocycles. The highest BCUT2D eigenvalue weighted by Crippen LogP contribution is 2.23. The molecule has 0 atom stereocenters. The molecule has 0 saturated carbocycles. The van der Waals surface area contributed by atoms with Gasteiger partial charge in [-0.15, -0.1) is 0 Å². The summed E-state index contributed by atoms with van der Waals surface area (Å²) in [7, 11) is -2.20. The number of nitrogens with zero attached hydrogens (tertiary/aromatic N) is 2. The lowest BCUT2D eigenvalue weighted by atomic mass is 10.2. The van der Waals surface area contributed by atoms with Crippen LogP contribution in [0, 0.1) is 6.92 Å². The van der Waals surface area contributed by atoms with Crippen molar-refractivity contribution in [3.8, 4) is 5.75 Å². The van der Waals surface area contributed by atoms with E-state index >= 15 is 0 Å². The van der Waals surface area contributed by atoms with Crippen molar-refractivity contribution in [3.05, 3.63) is 72.2 Å². The number of anilines is 2. The summed E-state index contributed by atoms with van der Waals surface area (Å²) in [5.41, 5.74) is 2.26. The van der Waals surface area contributed by atoms with Gasteiger partial charge in [0, 0.05) is 6.20 Å². The number of ether oxygens (including phenoxy) is 1. The minimum absolute atomic E-state index is 0.183. The SMILES string of the molecule is COc1ccc(S(=O)(=O)Nc2ccc(NCc3ccccn3)cn2)c(C)c1. The van der Waals surface area contributed by atoms with Crippen LogP contribution in [0.25, 0.3) is 0 Å². The summed E-state index contributed by atoms with van der Waals surface area (Å²) in [5.74, 6) is 0.849. The van der Waals surface area contributed by atoms with Crippen molar-refractivity contribution in [2.75, 3.05) is 17.1 Å². The molecular weight excluding hydrogens is 364 g/mol. The molecule has 0 unspecified atom stereocenters. The zero-order valence-corrected chi connectivity index (χ0v) is 15.8. The van der Waals surface area contributed by atoms with Crippen LogP contribution in [0.2, 0.25) is 0 Å². The molecule has 0 spiro atoms. The number of methoxy groups -OCH3 is 1. The summed E-state index contributed by atoms with van der Waals surface area (Å²) >= 11 is 0. The summed E-state index contributed by atoms with van der Waals surface area (Å²) in [5, 5.41) is 3.19. The lowest BCUT2D eigenvalue weighted by molar-refractivity contribution is 0.414. The van der Waals surface area contributed by atoms with Crippen molar-refractivity contribution >= 4 is 21.5 Å². The van der Waals surface area contributed by atoms with Crippen molar-refractivity contribution in [1.29, 1.82) is 0 Å². The number of rotatable bonds is 7. The molecule has 140 valence electrons. The van der Waals surface area contributed by atoms with Crippen molar-refractivity contribution in [1.82, 2.24) is 9.97 Å². The highest BCUT2D eigenvalue weighted by molar-refractivity contribution is 7.92. The minimum atomic E-state index is -3.74. The molecular formula is C19H20N4O3S. The van der Waals surface area contributed by atoms with Crippen LogP contribution in [0.15, 0.2) is 65.8 Å². The summed E-state index contributed by atoms with van der Waals surface area (Å²) in [6.07, 6.45) is 3.30. The second kappa shape index (κ2) is 8.05. The van der Waals surface area contributed by atoms with Crippen molar-refractivity contribution in [3.63, 3.8) is 0 Å². The standard InChI is InChI=1S/C19H20N4O3S/c1-14-11-17(26-2)7-8-18(14)27(24,25)23-19-9-6-16(13-22-19)21-12-15-5-3-4-10-20-15/h3-11,13,21H,12H2,1-2H3,(H,22,23). The molecule has 3 aromatic rings. The third-order valence-corrected chi connectivity index (χ3v) is 5.39. The Balaban J connectivity index is 1.68. The number of sulfonamides is 1.